The molecule has 0 saturated carbocycles. The van der Waals surface area contributed by atoms with Crippen LogP contribution in [0, 0.1) is 11.8 Å². The van der Waals surface area contributed by atoms with E-state index in [9.17, 15) is 13.0 Å². The van der Waals surface area contributed by atoms with E-state index in [1.165, 1.54) is 12.8 Å². The second kappa shape index (κ2) is 10.8. The second-order valence-corrected chi connectivity index (χ2v) is 5.67. The van der Waals surface area contributed by atoms with Crippen molar-refractivity contribution in [3.8, 4) is 0 Å². The third-order valence-electron chi connectivity index (χ3n) is 2.67. The first-order valence-corrected chi connectivity index (χ1v) is 7.28. The summed E-state index contributed by atoms with van der Waals surface area (Å²) in [5.41, 5.74) is 0. The van der Waals surface area contributed by atoms with E-state index in [0.717, 1.165) is 25.2 Å². The smallest absolute Gasteiger partial charge is 0.726 e. The number of hydrogen-bond acceptors (Lipinski definition) is 4. The fourth-order valence-corrected chi connectivity index (χ4v) is 2.13. The molecule has 4 nitrogen and oxygen atoms in total. The van der Waals surface area contributed by atoms with Crippen molar-refractivity contribution < 1.29 is 46.7 Å². The van der Waals surface area contributed by atoms with Crippen LogP contribution in [0.3, 0.4) is 0 Å². The van der Waals surface area contributed by atoms with E-state index in [1.807, 2.05) is 6.92 Å². The van der Waals surface area contributed by atoms with Crippen LogP contribution in [0.2, 0.25) is 0 Å². The van der Waals surface area contributed by atoms with Gasteiger partial charge in [-0.25, -0.2) is 8.42 Å². The maximum Gasteiger partial charge on any atom is 1.00 e. The van der Waals surface area contributed by atoms with Crippen LogP contribution in [0.5, 0.6) is 0 Å². The summed E-state index contributed by atoms with van der Waals surface area (Å²) in [6.45, 7) is 6.31. The van der Waals surface area contributed by atoms with Crippen LogP contribution in [0.1, 0.15) is 52.9 Å². The normalized spacial score (nSPS) is 15.1. The Bertz CT molecular complexity index is 267. The van der Waals surface area contributed by atoms with Crippen LogP contribution in [-0.4, -0.2) is 19.6 Å². The van der Waals surface area contributed by atoms with Crippen LogP contribution in [-0.2, 0) is 14.6 Å². The topological polar surface area (TPSA) is 66.4 Å². The SMILES string of the molecule is CCCC(C)CCCC(C)COS(=O)(=O)[O-].[Na+]. The number of hydrogen-bond donors (Lipinski definition) is 0. The summed E-state index contributed by atoms with van der Waals surface area (Å²) in [5, 5.41) is 0. The Kier molecular flexibility index (Phi) is 12.8. The minimum Gasteiger partial charge on any atom is -0.726 e. The Morgan fingerprint density at radius 3 is 2.12 bits per heavy atom. The predicted molar refractivity (Wildman–Crippen MR) is 62.7 cm³/mol. The fraction of sp³-hybridized carbons (Fsp3) is 1.00. The van der Waals surface area contributed by atoms with Crippen molar-refractivity contribution in [1.82, 2.24) is 0 Å². The van der Waals surface area contributed by atoms with E-state index < -0.39 is 10.4 Å². The molecule has 2 atom stereocenters. The summed E-state index contributed by atoms with van der Waals surface area (Å²) < 4.78 is 34.9. The minimum absolute atomic E-state index is 0. The molecule has 0 bridgehead atoms. The Morgan fingerprint density at radius 1 is 1.12 bits per heavy atom. The number of rotatable bonds is 9. The molecule has 0 aromatic heterocycles. The van der Waals surface area contributed by atoms with Crippen LogP contribution in [0.15, 0.2) is 0 Å². The fourth-order valence-electron chi connectivity index (χ4n) is 1.73. The van der Waals surface area contributed by atoms with Gasteiger partial charge in [-0.15, -0.1) is 0 Å². The Labute approximate surface area is 128 Å². The van der Waals surface area contributed by atoms with Crippen molar-refractivity contribution in [3.05, 3.63) is 0 Å². The molecule has 0 fully saturated rings. The molecule has 2 unspecified atom stereocenters. The van der Waals surface area contributed by atoms with Gasteiger partial charge in [0, 0.05) is 0 Å². The van der Waals surface area contributed by atoms with Gasteiger partial charge in [-0.2, -0.15) is 0 Å². The summed E-state index contributed by atoms with van der Waals surface area (Å²) in [7, 11) is -4.52. The maximum absolute atomic E-state index is 10.2. The molecule has 0 aliphatic carbocycles. The summed E-state index contributed by atoms with van der Waals surface area (Å²) >= 11 is 0. The minimum atomic E-state index is -4.52. The van der Waals surface area contributed by atoms with Crippen molar-refractivity contribution >= 4 is 10.4 Å². The Balaban J connectivity index is 0. The first-order valence-electron chi connectivity index (χ1n) is 5.95. The van der Waals surface area contributed by atoms with Crippen molar-refractivity contribution in [3.63, 3.8) is 0 Å². The maximum atomic E-state index is 10.2. The largest absolute Gasteiger partial charge is 1.00 e. The van der Waals surface area contributed by atoms with Gasteiger partial charge < -0.3 is 4.55 Å². The third-order valence-corrected chi connectivity index (χ3v) is 3.10. The molecule has 0 saturated heterocycles. The van der Waals surface area contributed by atoms with Gasteiger partial charge in [0.15, 0.2) is 0 Å². The van der Waals surface area contributed by atoms with E-state index in [4.69, 9.17) is 0 Å². The van der Waals surface area contributed by atoms with Crippen molar-refractivity contribution in [2.45, 2.75) is 52.9 Å². The van der Waals surface area contributed by atoms with Gasteiger partial charge in [0.2, 0.25) is 10.4 Å². The molecular weight excluding hydrogens is 251 g/mol. The van der Waals surface area contributed by atoms with Crippen molar-refractivity contribution in [2.75, 3.05) is 6.61 Å². The van der Waals surface area contributed by atoms with E-state index in [0.29, 0.717) is 0 Å². The zero-order valence-corrected chi connectivity index (χ0v) is 14.3. The molecule has 0 aliphatic rings. The molecule has 0 rings (SSSR count). The molecule has 0 aromatic rings. The molecule has 0 radical (unpaired) electrons. The summed E-state index contributed by atoms with van der Waals surface area (Å²) in [5.74, 6) is 0.846. The average molecular weight is 274 g/mol. The molecule has 0 N–H and O–H groups in total. The average Bonchev–Trinajstić information content (AvgIpc) is 2.14. The van der Waals surface area contributed by atoms with Gasteiger partial charge >= 0.3 is 29.6 Å². The first-order chi connectivity index (χ1) is 7.35. The molecule has 0 aliphatic heterocycles. The first kappa shape index (κ1) is 20.2. The molecule has 0 aromatic carbocycles. The van der Waals surface area contributed by atoms with Gasteiger partial charge in [0.05, 0.1) is 6.61 Å². The molecule has 6 heteroatoms. The molecule has 0 spiro atoms. The van der Waals surface area contributed by atoms with Gasteiger partial charge in [-0.1, -0.05) is 46.5 Å². The molecule has 0 amide bonds. The molecule has 17 heavy (non-hydrogen) atoms. The van der Waals surface area contributed by atoms with Gasteiger partial charge in [-0.05, 0) is 18.3 Å². The van der Waals surface area contributed by atoms with Crippen LogP contribution < -0.4 is 29.6 Å². The molecule has 0 heterocycles. The summed E-state index contributed by atoms with van der Waals surface area (Å²) in [4.78, 5) is 0. The van der Waals surface area contributed by atoms with E-state index in [2.05, 4.69) is 18.0 Å². The molecule has 98 valence electrons. The van der Waals surface area contributed by atoms with Crippen LogP contribution in [0.4, 0.5) is 0 Å². The zero-order chi connectivity index (χ0) is 12.6. The zero-order valence-electron chi connectivity index (χ0n) is 11.4. The third kappa shape index (κ3) is 14.8. The van der Waals surface area contributed by atoms with Gasteiger partial charge in [0.1, 0.15) is 0 Å². The summed E-state index contributed by atoms with van der Waals surface area (Å²) in [6, 6.07) is 0. The predicted octanol–water partition coefficient (Wildman–Crippen LogP) is -0.290. The van der Waals surface area contributed by atoms with Crippen molar-refractivity contribution in [2.24, 2.45) is 11.8 Å². The standard InChI is InChI=1S/C11H24O4S.Na/c1-4-6-10(2)7-5-8-11(3)9-15-16(12,13)14;/h10-11H,4-9H2,1-3H3,(H,12,13,14);/q;+1/p-1. The van der Waals surface area contributed by atoms with E-state index >= 15 is 0 Å². The summed E-state index contributed by atoms with van der Waals surface area (Å²) in [6.07, 6.45) is 5.56. The van der Waals surface area contributed by atoms with Gasteiger partial charge in [-0.3, -0.25) is 4.18 Å². The van der Waals surface area contributed by atoms with Crippen LogP contribution in [0.25, 0.3) is 0 Å². The second-order valence-electron chi connectivity index (χ2n) is 4.62. The Morgan fingerprint density at radius 2 is 1.65 bits per heavy atom. The van der Waals surface area contributed by atoms with E-state index in [1.54, 1.807) is 0 Å². The Hall–Kier alpha value is 0.870. The molecular formula is C11H23NaO4S. The van der Waals surface area contributed by atoms with Gasteiger partial charge in [0.25, 0.3) is 0 Å². The van der Waals surface area contributed by atoms with Crippen LogP contribution >= 0.6 is 0 Å². The van der Waals surface area contributed by atoms with E-state index in [-0.39, 0.29) is 42.1 Å². The monoisotopic (exact) mass is 274 g/mol. The quantitative estimate of drug-likeness (QED) is 0.329. The van der Waals surface area contributed by atoms with Crippen molar-refractivity contribution in [1.29, 1.82) is 0 Å².